The molecule has 0 aliphatic carbocycles. The zero-order valence-electron chi connectivity index (χ0n) is 21.2. The molecule has 0 aromatic heterocycles. The Morgan fingerprint density at radius 3 is 2.31 bits per heavy atom. The standard InChI is InChI=1S/C28H36FN3O3/c1-28(2,3)27(34)32-20-17-30(18-21-32)16-19-31(26(33)23-11-13-24(29)14-12-23)15-7-9-22-8-5-6-10-25(22)35-4/h5-14H,15-21H2,1-4H3/b9-7+. The van der Waals surface area contributed by atoms with Crippen LogP contribution >= 0.6 is 0 Å². The third kappa shape index (κ3) is 7.39. The quantitative estimate of drug-likeness (QED) is 0.568. The van der Waals surface area contributed by atoms with Crippen LogP contribution in [0.3, 0.4) is 0 Å². The van der Waals surface area contributed by atoms with Crippen molar-refractivity contribution >= 4 is 17.9 Å². The number of amides is 2. The van der Waals surface area contributed by atoms with E-state index in [0.29, 0.717) is 38.3 Å². The predicted molar refractivity (Wildman–Crippen MR) is 137 cm³/mol. The van der Waals surface area contributed by atoms with Crippen molar-refractivity contribution in [3.05, 3.63) is 71.6 Å². The second kappa shape index (κ2) is 12.0. The minimum absolute atomic E-state index is 0.142. The average molecular weight is 482 g/mol. The Labute approximate surface area is 208 Å². The fraction of sp³-hybridized carbons (Fsp3) is 0.429. The third-order valence-corrected chi connectivity index (χ3v) is 6.13. The monoisotopic (exact) mass is 481 g/mol. The number of para-hydroxylation sites is 1. The Kier molecular flexibility index (Phi) is 9.04. The van der Waals surface area contributed by atoms with Crippen molar-refractivity contribution in [1.82, 2.24) is 14.7 Å². The topological polar surface area (TPSA) is 53.1 Å². The van der Waals surface area contributed by atoms with Gasteiger partial charge < -0.3 is 14.5 Å². The number of ether oxygens (including phenoxy) is 1. The van der Waals surface area contributed by atoms with Crippen LogP contribution < -0.4 is 4.74 Å². The van der Waals surface area contributed by atoms with Gasteiger partial charge in [0.15, 0.2) is 0 Å². The molecular formula is C28H36FN3O3. The highest BCUT2D eigenvalue weighted by Crippen LogP contribution is 2.20. The van der Waals surface area contributed by atoms with Crippen molar-refractivity contribution in [2.75, 3.05) is 52.9 Å². The molecule has 1 saturated heterocycles. The molecule has 1 aliphatic heterocycles. The molecule has 0 atom stereocenters. The Bertz CT molecular complexity index is 1020. The van der Waals surface area contributed by atoms with Crippen molar-refractivity contribution in [1.29, 1.82) is 0 Å². The maximum absolute atomic E-state index is 13.4. The molecule has 3 rings (SSSR count). The molecule has 7 heteroatoms. The van der Waals surface area contributed by atoms with E-state index in [9.17, 15) is 14.0 Å². The normalized spacial score (nSPS) is 14.8. The van der Waals surface area contributed by atoms with Gasteiger partial charge in [0.1, 0.15) is 11.6 Å². The van der Waals surface area contributed by atoms with Crippen molar-refractivity contribution in [2.24, 2.45) is 5.41 Å². The molecule has 0 radical (unpaired) electrons. The van der Waals surface area contributed by atoms with Crippen molar-refractivity contribution in [3.63, 3.8) is 0 Å². The average Bonchev–Trinajstić information content (AvgIpc) is 2.85. The van der Waals surface area contributed by atoms with E-state index in [2.05, 4.69) is 4.90 Å². The number of carbonyl (C=O) groups excluding carboxylic acids is 2. The summed E-state index contributed by atoms with van der Waals surface area (Å²) in [6, 6.07) is 13.4. The van der Waals surface area contributed by atoms with Crippen molar-refractivity contribution in [2.45, 2.75) is 20.8 Å². The summed E-state index contributed by atoms with van der Waals surface area (Å²) in [5.41, 5.74) is 1.01. The van der Waals surface area contributed by atoms with Gasteiger partial charge in [-0.2, -0.15) is 0 Å². The van der Waals surface area contributed by atoms with E-state index in [1.54, 1.807) is 12.0 Å². The molecule has 0 bridgehead atoms. The molecule has 0 unspecified atom stereocenters. The van der Waals surface area contributed by atoms with E-state index in [-0.39, 0.29) is 23.0 Å². The molecule has 0 saturated carbocycles. The SMILES string of the molecule is COc1ccccc1/C=C/CN(CCN1CCN(C(=O)C(C)(C)C)CC1)C(=O)c1ccc(F)cc1. The summed E-state index contributed by atoms with van der Waals surface area (Å²) in [7, 11) is 1.63. The molecule has 1 fully saturated rings. The summed E-state index contributed by atoms with van der Waals surface area (Å²) in [4.78, 5) is 31.7. The molecule has 2 aromatic rings. The summed E-state index contributed by atoms with van der Waals surface area (Å²) in [6.45, 7) is 10.4. The van der Waals surface area contributed by atoms with Gasteiger partial charge >= 0.3 is 0 Å². The number of halogens is 1. The van der Waals surface area contributed by atoms with Gasteiger partial charge in [-0.3, -0.25) is 14.5 Å². The van der Waals surface area contributed by atoms with E-state index in [1.807, 2.05) is 62.1 Å². The van der Waals surface area contributed by atoms with Gasteiger partial charge in [0.05, 0.1) is 7.11 Å². The first kappa shape index (κ1) is 26.4. The predicted octanol–water partition coefficient (Wildman–Crippen LogP) is 4.18. The lowest BCUT2D eigenvalue weighted by Gasteiger charge is -2.38. The second-order valence-corrected chi connectivity index (χ2v) is 9.79. The number of methoxy groups -OCH3 is 1. The van der Waals surface area contributed by atoms with Crippen LogP contribution in [0, 0.1) is 11.2 Å². The number of carbonyl (C=O) groups is 2. The minimum Gasteiger partial charge on any atom is -0.496 e. The van der Waals surface area contributed by atoms with Crippen LogP contribution in [0.15, 0.2) is 54.6 Å². The summed E-state index contributed by atoms with van der Waals surface area (Å²) in [5.74, 6) is 0.428. The first-order valence-corrected chi connectivity index (χ1v) is 12.0. The number of rotatable bonds is 8. The van der Waals surface area contributed by atoms with Crippen molar-refractivity contribution < 1.29 is 18.7 Å². The Hall–Kier alpha value is -3.19. The molecule has 188 valence electrons. The highest BCUT2D eigenvalue weighted by molar-refractivity contribution is 5.94. The van der Waals surface area contributed by atoms with Crippen LogP contribution in [0.5, 0.6) is 5.75 Å². The van der Waals surface area contributed by atoms with E-state index in [4.69, 9.17) is 4.74 Å². The smallest absolute Gasteiger partial charge is 0.254 e. The van der Waals surface area contributed by atoms with Gasteiger partial charge in [0.25, 0.3) is 5.91 Å². The summed E-state index contributed by atoms with van der Waals surface area (Å²) in [5, 5.41) is 0. The van der Waals surface area contributed by atoms with Crippen molar-refractivity contribution in [3.8, 4) is 5.75 Å². The highest BCUT2D eigenvalue weighted by atomic mass is 19.1. The second-order valence-electron chi connectivity index (χ2n) is 9.79. The lowest BCUT2D eigenvalue weighted by Crippen LogP contribution is -2.52. The molecule has 35 heavy (non-hydrogen) atoms. The largest absolute Gasteiger partial charge is 0.496 e. The van der Waals surface area contributed by atoms with Gasteiger partial charge in [-0.05, 0) is 30.3 Å². The zero-order valence-corrected chi connectivity index (χ0v) is 21.2. The summed E-state index contributed by atoms with van der Waals surface area (Å²) < 4.78 is 18.8. The molecule has 0 spiro atoms. The maximum atomic E-state index is 13.4. The molecule has 2 aromatic carbocycles. The number of hydrogen-bond donors (Lipinski definition) is 0. The Balaban J connectivity index is 1.64. The Morgan fingerprint density at radius 1 is 1.03 bits per heavy atom. The lowest BCUT2D eigenvalue weighted by atomic mass is 9.94. The summed E-state index contributed by atoms with van der Waals surface area (Å²) >= 11 is 0. The molecule has 1 aliphatic rings. The molecule has 1 heterocycles. The third-order valence-electron chi connectivity index (χ3n) is 6.13. The fourth-order valence-corrected chi connectivity index (χ4v) is 4.07. The van der Waals surface area contributed by atoms with E-state index >= 15 is 0 Å². The van der Waals surface area contributed by atoms with Crippen LogP contribution in [0.2, 0.25) is 0 Å². The van der Waals surface area contributed by atoms with E-state index in [1.165, 1.54) is 24.3 Å². The van der Waals surface area contributed by atoms with Gasteiger partial charge in [0.2, 0.25) is 5.91 Å². The van der Waals surface area contributed by atoms with Gasteiger partial charge in [0, 0.05) is 62.4 Å². The first-order chi connectivity index (χ1) is 16.7. The van der Waals surface area contributed by atoms with Crippen LogP contribution in [-0.2, 0) is 4.79 Å². The zero-order chi connectivity index (χ0) is 25.4. The van der Waals surface area contributed by atoms with Crippen LogP contribution in [-0.4, -0.2) is 79.4 Å². The molecular weight excluding hydrogens is 445 g/mol. The van der Waals surface area contributed by atoms with Gasteiger partial charge in [-0.25, -0.2) is 4.39 Å². The van der Waals surface area contributed by atoms with Gasteiger partial charge in [-0.1, -0.05) is 51.1 Å². The summed E-state index contributed by atoms with van der Waals surface area (Å²) in [6.07, 6.45) is 3.89. The number of piperazine rings is 1. The van der Waals surface area contributed by atoms with Crippen LogP contribution in [0.1, 0.15) is 36.7 Å². The number of benzene rings is 2. The first-order valence-electron chi connectivity index (χ1n) is 12.0. The molecule has 2 amide bonds. The molecule has 6 nitrogen and oxygen atoms in total. The van der Waals surface area contributed by atoms with E-state index < -0.39 is 0 Å². The fourth-order valence-electron chi connectivity index (χ4n) is 4.07. The lowest BCUT2D eigenvalue weighted by molar-refractivity contribution is -0.141. The van der Waals surface area contributed by atoms with Crippen LogP contribution in [0.25, 0.3) is 6.08 Å². The Morgan fingerprint density at radius 2 is 1.69 bits per heavy atom. The number of hydrogen-bond acceptors (Lipinski definition) is 4. The van der Waals surface area contributed by atoms with Gasteiger partial charge in [-0.15, -0.1) is 0 Å². The minimum atomic E-state index is -0.381. The number of nitrogens with zero attached hydrogens (tertiary/aromatic N) is 3. The highest BCUT2D eigenvalue weighted by Gasteiger charge is 2.29. The molecule has 0 N–H and O–H groups in total. The van der Waals surface area contributed by atoms with E-state index in [0.717, 1.165) is 24.4 Å². The van der Waals surface area contributed by atoms with Crippen LogP contribution in [0.4, 0.5) is 4.39 Å². The maximum Gasteiger partial charge on any atom is 0.254 e.